The van der Waals surface area contributed by atoms with Crippen molar-refractivity contribution in [3.05, 3.63) is 23.9 Å². The Morgan fingerprint density at radius 2 is 1.91 bits per heavy atom. The molecular formula is C15H17F3N4O. The Morgan fingerprint density at radius 1 is 1.17 bits per heavy atom. The van der Waals surface area contributed by atoms with Gasteiger partial charge in [-0.15, -0.1) is 10.2 Å². The third-order valence-corrected chi connectivity index (χ3v) is 3.94. The molecule has 0 unspecified atom stereocenters. The van der Waals surface area contributed by atoms with E-state index < -0.39 is 11.9 Å². The minimum absolute atomic E-state index is 0.0183. The summed E-state index contributed by atoms with van der Waals surface area (Å²) in [6.07, 6.45) is -2.78. The first-order valence-electron chi connectivity index (χ1n) is 7.38. The third kappa shape index (κ3) is 3.31. The van der Waals surface area contributed by atoms with Crippen LogP contribution in [0.2, 0.25) is 0 Å². The molecule has 0 bridgehead atoms. The lowest BCUT2D eigenvalue weighted by atomic mass is 10.1. The molecule has 0 atom stereocenters. The zero-order valence-corrected chi connectivity index (χ0v) is 12.6. The number of alkyl halides is 3. The van der Waals surface area contributed by atoms with Crippen LogP contribution in [0.1, 0.15) is 18.5 Å². The normalized spacial score (nSPS) is 16.5. The minimum Gasteiger partial charge on any atom is -0.497 e. The van der Waals surface area contributed by atoms with Gasteiger partial charge in [0.2, 0.25) is 0 Å². The fraction of sp³-hybridized carbons (Fsp3) is 0.467. The molecule has 1 aliphatic heterocycles. The van der Waals surface area contributed by atoms with Crippen molar-refractivity contribution in [3.8, 4) is 5.75 Å². The summed E-state index contributed by atoms with van der Waals surface area (Å²) >= 11 is 0. The van der Waals surface area contributed by atoms with E-state index in [9.17, 15) is 13.2 Å². The van der Waals surface area contributed by atoms with Gasteiger partial charge in [-0.05, 0) is 44.1 Å². The van der Waals surface area contributed by atoms with Gasteiger partial charge in [0.05, 0.1) is 7.11 Å². The first-order valence-corrected chi connectivity index (χ1v) is 7.38. The molecule has 3 rings (SSSR count). The van der Waals surface area contributed by atoms with Gasteiger partial charge >= 0.3 is 6.18 Å². The van der Waals surface area contributed by atoms with E-state index in [0.29, 0.717) is 17.0 Å². The van der Waals surface area contributed by atoms with Crippen LogP contribution >= 0.6 is 0 Å². The van der Waals surface area contributed by atoms with Crippen LogP contribution < -0.4 is 15.4 Å². The lowest BCUT2D eigenvalue weighted by Gasteiger charge is -2.24. The van der Waals surface area contributed by atoms with Crippen LogP contribution in [-0.2, 0) is 6.18 Å². The summed E-state index contributed by atoms with van der Waals surface area (Å²) in [5, 5.41) is 14.0. The maximum Gasteiger partial charge on any atom is 0.435 e. The summed E-state index contributed by atoms with van der Waals surface area (Å²) in [5.74, 6) is 0.839. The number of ether oxygens (including phenoxy) is 1. The molecule has 2 N–H and O–H groups in total. The zero-order valence-electron chi connectivity index (χ0n) is 12.6. The summed E-state index contributed by atoms with van der Waals surface area (Å²) in [4.78, 5) is 0. The average molecular weight is 326 g/mol. The van der Waals surface area contributed by atoms with Gasteiger partial charge in [-0.2, -0.15) is 13.2 Å². The van der Waals surface area contributed by atoms with E-state index in [1.165, 1.54) is 19.2 Å². The smallest absolute Gasteiger partial charge is 0.435 e. The number of nitrogens with one attached hydrogen (secondary N) is 2. The van der Waals surface area contributed by atoms with Gasteiger partial charge < -0.3 is 15.4 Å². The van der Waals surface area contributed by atoms with Gasteiger partial charge in [0.15, 0.2) is 11.5 Å². The quantitative estimate of drug-likeness (QED) is 0.908. The van der Waals surface area contributed by atoms with Crippen molar-refractivity contribution in [2.75, 3.05) is 25.5 Å². The third-order valence-electron chi connectivity index (χ3n) is 3.94. The molecule has 124 valence electrons. The van der Waals surface area contributed by atoms with Gasteiger partial charge in [-0.1, -0.05) is 0 Å². The maximum absolute atomic E-state index is 13.1. The number of anilines is 1. The lowest BCUT2D eigenvalue weighted by Crippen LogP contribution is -2.35. The maximum atomic E-state index is 13.1. The SMILES string of the molecule is COc1ccc2c(C(F)(F)F)nnc(NC3CCNCC3)c2c1. The molecule has 1 aromatic heterocycles. The molecule has 0 spiro atoms. The van der Waals surface area contributed by atoms with Crippen LogP contribution in [0.25, 0.3) is 10.8 Å². The highest BCUT2D eigenvalue weighted by molar-refractivity contribution is 5.94. The van der Waals surface area contributed by atoms with Gasteiger partial charge in [-0.3, -0.25) is 0 Å². The highest BCUT2D eigenvalue weighted by Gasteiger charge is 2.36. The second-order valence-electron chi connectivity index (χ2n) is 5.48. The monoisotopic (exact) mass is 326 g/mol. The Kier molecular flexibility index (Phi) is 4.25. The van der Waals surface area contributed by atoms with E-state index in [0.717, 1.165) is 25.9 Å². The number of nitrogens with zero attached hydrogens (tertiary/aromatic N) is 2. The zero-order chi connectivity index (χ0) is 16.4. The molecule has 0 amide bonds. The van der Waals surface area contributed by atoms with E-state index in [4.69, 9.17) is 4.74 Å². The molecule has 2 heterocycles. The first kappa shape index (κ1) is 15.8. The number of hydrogen-bond acceptors (Lipinski definition) is 5. The molecule has 0 aliphatic carbocycles. The molecule has 0 saturated carbocycles. The Morgan fingerprint density at radius 3 is 2.57 bits per heavy atom. The number of methoxy groups -OCH3 is 1. The van der Waals surface area contributed by atoms with Crippen molar-refractivity contribution < 1.29 is 17.9 Å². The molecule has 1 fully saturated rings. The number of rotatable bonds is 3. The highest BCUT2D eigenvalue weighted by atomic mass is 19.4. The Labute approximate surface area is 131 Å². The second kappa shape index (κ2) is 6.19. The summed E-state index contributed by atoms with van der Waals surface area (Å²) < 4.78 is 44.5. The van der Waals surface area contributed by atoms with Crippen LogP contribution in [-0.4, -0.2) is 36.4 Å². The largest absolute Gasteiger partial charge is 0.497 e. The fourth-order valence-electron chi connectivity index (χ4n) is 2.74. The predicted molar refractivity (Wildman–Crippen MR) is 80.6 cm³/mol. The topological polar surface area (TPSA) is 59.1 Å². The van der Waals surface area contributed by atoms with Crippen LogP contribution in [0.15, 0.2) is 18.2 Å². The van der Waals surface area contributed by atoms with E-state index in [-0.39, 0.29) is 11.4 Å². The number of aromatic nitrogens is 2. The molecule has 23 heavy (non-hydrogen) atoms. The minimum atomic E-state index is -4.55. The van der Waals surface area contributed by atoms with Gasteiger partial charge in [0.25, 0.3) is 0 Å². The van der Waals surface area contributed by atoms with Crippen molar-refractivity contribution in [1.29, 1.82) is 0 Å². The number of benzene rings is 1. The van der Waals surface area contributed by atoms with E-state index in [1.54, 1.807) is 6.07 Å². The van der Waals surface area contributed by atoms with Gasteiger partial charge in [0, 0.05) is 16.8 Å². The standard InChI is InChI=1S/C15H17F3N4O/c1-23-10-2-3-11-12(8-10)14(20-9-4-6-19-7-5-9)22-21-13(11)15(16,17)18/h2-3,8-9,19H,4-7H2,1H3,(H,20,22). The van der Waals surface area contributed by atoms with E-state index in [2.05, 4.69) is 20.8 Å². The van der Waals surface area contributed by atoms with Crippen molar-refractivity contribution in [3.63, 3.8) is 0 Å². The number of hydrogen-bond donors (Lipinski definition) is 2. The molecule has 1 aliphatic rings. The Hall–Kier alpha value is -2.09. The number of piperidine rings is 1. The first-order chi connectivity index (χ1) is 11.0. The predicted octanol–water partition coefficient (Wildman–Crippen LogP) is 2.82. The Bertz CT molecular complexity index is 699. The molecule has 8 heteroatoms. The fourth-order valence-corrected chi connectivity index (χ4v) is 2.74. The second-order valence-corrected chi connectivity index (χ2v) is 5.48. The number of fused-ring (bicyclic) bond motifs is 1. The van der Waals surface area contributed by atoms with Gasteiger partial charge in [0.1, 0.15) is 5.75 Å². The summed E-state index contributed by atoms with van der Waals surface area (Å²) in [7, 11) is 1.47. The lowest BCUT2D eigenvalue weighted by molar-refractivity contribution is -0.140. The van der Waals surface area contributed by atoms with E-state index in [1.807, 2.05) is 0 Å². The summed E-state index contributed by atoms with van der Waals surface area (Å²) in [5.41, 5.74) is -0.981. The summed E-state index contributed by atoms with van der Waals surface area (Å²) in [6.45, 7) is 1.74. The Balaban J connectivity index is 2.06. The molecular weight excluding hydrogens is 309 g/mol. The van der Waals surface area contributed by atoms with Crippen molar-refractivity contribution in [2.45, 2.75) is 25.1 Å². The van der Waals surface area contributed by atoms with Crippen molar-refractivity contribution in [2.24, 2.45) is 0 Å². The van der Waals surface area contributed by atoms with Crippen LogP contribution in [0.4, 0.5) is 19.0 Å². The van der Waals surface area contributed by atoms with Crippen molar-refractivity contribution >= 4 is 16.6 Å². The van der Waals surface area contributed by atoms with Crippen molar-refractivity contribution in [1.82, 2.24) is 15.5 Å². The molecule has 5 nitrogen and oxygen atoms in total. The number of halogens is 3. The van der Waals surface area contributed by atoms with E-state index >= 15 is 0 Å². The van der Waals surface area contributed by atoms with Crippen LogP contribution in [0, 0.1) is 0 Å². The molecule has 1 aromatic carbocycles. The van der Waals surface area contributed by atoms with Crippen LogP contribution in [0.5, 0.6) is 5.75 Å². The molecule has 2 aromatic rings. The molecule has 0 radical (unpaired) electrons. The average Bonchev–Trinajstić information content (AvgIpc) is 2.54. The summed E-state index contributed by atoms with van der Waals surface area (Å²) in [6, 6.07) is 4.59. The van der Waals surface area contributed by atoms with Gasteiger partial charge in [-0.25, -0.2) is 0 Å². The van der Waals surface area contributed by atoms with Crippen LogP contribution in [0.3, 0.4) is 0 Å². The highest BCUT2D eigenvalue weighted by Crippen LogP contribution is 2.36. The molecule has 1 saturated heterocycles.